The zero-order valence-electron chi connectivity index (χ0n) is 10.8. The number of benzene rings is 1. The van der Waals surface area contributed by atoms with Gasteiger partial charge >= 0.3 is 0 Å². The number of nitro groups is 1. The van der Waals surface area contributed by atoms with Crippen LogP contribution in [0.5, 0.6) is 0 Å². The highest BCUT2D eigenvalue weighted by atomic mass is 16.6. The predicted octanol–water partition coefficient (Wildman–Crippen LogP) is 2.41. The molecule has 0 aliphatic carbocycles. The van der Waals surface area contributed by atoms with Crippen molar-refractivity contribution in [3.8, 4) is 0 Å². The molecule has 0 fully saturated rings. The lowest BCUT2D eigenvalue weighted by molar-refractivity contribution is -0.385. The van der Waals surface area contributed by atoms with E-state index in [1.54, 1.807) is 18.2 Å². The minimum atomic E-state index is -0.367. The summed E-state index contributed by atoms with van der Waals surface area (Å²) < 4.78 is 0. The van der Waals surface area contributed by atoms with Crippen molar-refractivity contribution in [3.05, 3.63) is 39.9 Å². The summed E-state index contributed by atoms with van der Waals surface area (Å²) in [7, 11) is 0. The fourth-order valence-corrected chi connectivity index (χ4v) is 1.80. The van der Waals surface area contributed by atoms with Gasteiger partial charge in [0.2, 0.25) is 0 Å². The van der Waals surface area contributed by atoms with Gasteiger partial charge in [-0.1, -0.05) is 25.1 Å². The van der Waals surface area contributed by atoms with Crippen LogP contribution in [0.3, 0.4) is 0 Å². The number of nitro benzene ring substituents is 1. The second-order valence-corrected chi connectivity index (χ2v) is 4.34. The molecule has 100 valence electrons. The molecule has 0 aromatic heterocycles. The molecule has 1 aromatic rings. The molecule has 0 aliphatic rings. The standard InChI is InChI=1S/C13H20N2O3/c1-3-11(16)8-9-14-10(2)12-6-4-5-7-13(12)15(17)18/h4-7,10-11,14,16H,3,8-9H2,1-2H3. The number of aliphatic hydroxyl groups is 1. The molecule has 0 bridgehead atoms. The highest BCUT2D eigenvalue weighted by molar-refractivity contribution is 5.41. The minimum absolute atomic E-state index is 0.101. The third kappa shape index (κ3) is 4.09. The Labute approximate surface area is 107 Å². The van der Waals surface area contributed by atoms with Crippen LogP contribution in [0.25, 0.3) is 0 Å². The van der Waals surface area contributed by atoms with Gasteiger partial charge in [-0.05, 0) is 26.3 Å². The van der Waals surface area contributed by atoms with Crippen molar-refractivity contribution >= 4 is 5.69 Å². The van der Waals surface area contributed by atoms with E-state index in [2.05, 4.69) is 5.32 Å². The molecule has 2 N–H and O–H groups in total. The van der Waals surface area contributed by atoms with Gasteiger partial charge in [-0.15, -0.1) is 0 Å². The number of para-hydroxylation sites is 1. The molecule has 0 spiro atoms. The molecule has 0 radical (unpaired) electrons. The van der Waals surface area contributed by atoms with Crippen LogP contribution in [0.2, 0.25) is 0 Å². The van der Waals surface area contributed by atoms with Crippen molar-refractivity contribution < 1.29 is 10.0 Å². The zero-order valence-corrected chi connectivity index (χ0v) is 10.8. The van der Waals surface area contributed by atoms with Crippen LogP contribution in [0.15, 0.2) is 24.3 Å². The smallest absolute Gasteiger partial charge is 0.274 e. The minimum Gasteiger partial charge on any atom is -0.393 e. The Balaban J connectivity index is 2.61. The van der Waals surface area contributed by atoms with Gasteiger partial charge in [-0.25, -0.2) is 0 Å². The fourth-order valence-electron chi connectivity index (χ4n) is 1.80. The molecule has 0 saturated carbocycles. The Kier molecular flexibility index (Phi) is 5.74. The lowest BCUT2D eigenvalue weighted by Crippen LogP contribution is -2.23. The largest absolute Gasteiger partial charge is 0.393 e. The van der Waals surface area contributed by atoms with Crippen molar-refractivity contribution in [2.24, 2.45) is 0 Å². The molecule has 0 heterocycles. The molecule has 5 nitrogen and oxygen atoms in total. The number of aliphatic hydroxyl groups excluding tert-OH is 1. The maximum atomic E-state index is 10.9. The molecule has 0 aliphatic heterocycles. The highest BCUT2D eigenvalue weighted by Crippen LogP contribution is 2.24. The summed E-state index contributed by atoms with van der Waals surface area (Å²) >= 11 is 0. The zero-order chi connectivity index (χ0) is 13.5. The van der Waals surface area contributed by atoms with E-state index in [9.17, 15) is 15.2 Å². The SMILES string of the molecule is CCC(O)CCNC(C)c1ccccc1[N+](=O)[O-]. The van der Waals surface area contributed by atoms with Gasteiger partial charge in [0.25, 0.3) is 5.69 Å². The average molecular weight is 252 g/mol. The van der Waals surface area contributed by atoms with Gasteiger partial charge in [0.15, 0.2) is 0 Å². The van der Waals surface area contributed by atoms with Crippen LogP contribution in [-0.4, -0.2) is 22.7 Å². The summed E-state index contributed by atoms with van der Waals surface area (Å²) in [6, 6.07) is 6.62. The summed E-state index contributed by atoms with van der Waals surface area (Å²) in [5.41, 5.74) is 0.807. The van der Waals surface area contributed by atoms with Gasteiger partial charge in [0.1, 0.15) is 0 Å². The second-order valence-electron chi connectivity index (χ2n) is 4.34. The van der Waals surface area contributed by atoms with E-state index in [0.717, 1.165) is 6.42 Å². The van der Waals surface area contributed by atoms with Crippen LogP contribution >= 0.6 is 0 Å². The monoisotopic (exact) mass is 252 g/mol. The maximum absolute atomic E-state index is 10.9. The van der Waals surface area contributed by atoms with Gasteiger partial charge in [-0.2, -0.15) is 0 Å². The van der Waals surface area contributed by atoms with Crippen LogP contribution < -0.4 is 5.32 Å². The van der Waals surface area contributed by atoms with Crippen molar-refractivity contribution in [2.45, 2.75) is 38.8 Å². The summed E-state index contributed by atoms with van der Waals surface area (Å²) in [4.78, 5) is 10.5. The number of rotatable bonds is 7. The van der Waals surface area contributed by atoms with E-state index in [0.29, 0.717) is 18.5 Å². The molecular formula is C13H20N2O3. The van der Waals surface area contributed by atoms with Crippen LogP contribution in [0.1, 0.15) is 38.3 Å². The van der Waals surface area contributed by atoms with Gasteiger partial charge in [0.05, 0.1) is 11.0 Å². The third-order valence-corrected chi connectivity index (χ3v) is 3.00. The van der Waals surface area contributed by atoms with Gasteiger partial charge < -0.3 is 10.4 Å². The van der Waals surface area contributed by atoms with E-state index in [1.807, 2.05) is 13.8 Å². The molecule has 1 rings (SSSR count). The van der Waals surface area contributed by atoms with Crippen molar-refractivity contribution in [1.82, 2.24) is 5.32 Å². The lowest BCUT2D eigenvalue weighted by Gasteiger charge is -2.15. The average Bonchev–Trinajstić information content (AvgIpc) is 2.38. The van der Waals surface area contributed by atoms with Gasteiger partial charge in [-0.3, -0.25) is 10.1 Å². The Bertz CT molecular complexity index is 396. The second kappa shape index (κ2) is 7.08. The summed E-state index contributed by atoms with van der Waals surface area (Å²) in [6.45, 7) is 4.46. The van der Waals surface area contributed by atoms with E-state index >= 15 is 0 Å². The quantitative estimate of drug-likeness (QED) is 0.577. The lowest BCUT2D eigenvalue weighted by atomic mass is 10.1. The molecule has 0 amide bonds. The molecule has 1 aromatic carbocycles. The van der Waals surface area contributed by atoms with E-state index < -0.39 is 0 Å². The first kappa shape index (κ1) is 14.6. The van der Waals surface area contributed by atoms with Crippen LogP contribution in [0, 0.1) is 10.1 Å². The molecule has 0 saturated heterocycles. The molecule has 5 heteroatoms. The molecule has 2 atom stereocenters. The number of hydrogen-bond donors (Lipinski definition) is 2. The van der Waals surface area contributed by atoms with Crippen molar-refractivity contribution in [3.63, 3.8) is 0 Å². The Morgan fingerprint density at radius 3 is 2.72 bits per heavy atom. The normalized spacial score (nSPS) is 14.2. The summed E-state index contributed by atoms with van der Waals surface area (Å²) in [6.07, 6.45) is 1.07. The predicted molar refractivity (Wildman–Crippen MR) is 70.4 cm³/mol. The van der Waals surface area contributed by atoms with Gasteiger partial charge in [0, 0.05) is 17.7 Å². The summed E-state index contributed by atoms with van der Waals surface area (Å²) in [5, 5.41) is 23.5. The Hall–Kier alpha value is -1.46. The fraction of sp³-hybridized carbons (Fsp3) is 0.538. The van der Waals surface area contributed by atoms with Crippen LogP contribution in [0.4, 0.5) is 5.69 Å². The first-order chi connectivity index (χ1) is 8.56. The van der Waals surface area contributed by atoms with E-state index in [4.69, 9.17) is 0 Å². The number of hydrogen-bond acceptors (Lipinski definition) is 4. The first-order valence-corrected chi connectivity index (χ1v) is 6.21. The summed E-state index contributed by atoms with van der Waals surface area (Å²) in [5.74, 6) is 0. The third-order valence-electron chi connectivity index (χ3n) is 3.00. The number of nitrogens with one attached hydrogen (secondary N) is 1. The first-order valence-electron chi connectivity index (χ1n) is 6.21. The van der Waals surface area contributed by atoms with Crippen molar-refractivity contribution in [1.29, 1.82) is 0 Å². The highest BCUT2D eigenvalue weighted by Gasteiger charge is 2.17. The topological polar surface area (TPSA) is 75.4 Å². The molecule has 2 unspecified atom stereocenters. The Morgan fingerprint density at radius 1 is 1.44 bits per heavy atom. The van der Waals surface area contributed by atoms with E-state index in [-0.39, 0.29) is 22.8 Å². The molecular weight excluding hydrogens is 232 g/mol. The van der Waals surface area contributed by atoms with E-state index in [1.165, 1.54) is 6.07 Å². The van der Waals surface area contributed by atoms with Crippen molar-refractivity contribution in [2.75, 3.05) is 6.54 Å². The number of nitrogens with zero attached hydrogens (tertiary/aromatic N) is 1. The maximum Gasteiger partial charge on any atom is 0.274 e. The van der Waals surface area contributed by atoms with Crippen LogP contribution in [-0.2, 0) is 0 Å². The Morgan fingerprint density at radius 2 is 2.11 bits per heavy atom. The molecule has 18 heavy (non-hydrogen) atoms.